The number of nitrogens with zero attached hydrogens (tertiary/aromatic N) is 2. The first kappa shape index (κ1) is 13.4. The van der Waals surface area contributed by atoms with E-state index in [1.165, 1.54) is 0 Å². The second-order valence-electron chi connectivity index (χ2n) is 5.01. The molecule has 3 nitrogen and oxygen atoms in total. The molecule has 0 amide bonds. The highest BCUT2D eigenvalue weighted by Crippen LogP contribution is 2.25. The third-order valence-electron chi connectivity index (χ3n) is 2.29. The average molecular weight is 283 g/mol. The molecular formula is C13H15ClN2OS. The van der Waals surface area contributed by atoms with Gasteiger partial charge in [0, 0.05) is 15.3 Å². The van der Waals surface area contributed by atoms with Crippen LogP contribution >= 0.6 is 23.4 Å². The highest BCUT2D eigenvalue weighted by atomic mass is 35.5. The Morgan fingerprint density at radius 3 is 2.44 bits per heavy atom. The normalized spacial score (nSPS) is 11.8. The van der Waals surface area contributed by atoms with Gasteiger partial charge in [-0.3, -0.25) is 0 Å². The lowest BCUT2D eigenvalue weighted by Crippen LogP contribution is -2.11. The van der Waals surface area contributed by atoms with Gasteiger partial charge >= 0.3 is 0 Å². The first-order valence-corrected chi connectivity index (χ1v) is 7.03. The van der Waals surface area contributed by atoms with Crippen LogP contribution in [0.25, 0.3) is 0 Å². The van der Waals surface area contributed by atoms with E-state index in [1.807, 2.05) is 24.3 Å². The number of aromatic nitrogens is 2. The summed E-state index contributed by atoms with van der Waals surface area (Å²) in [6.07, 6.45) is 0. The highest BCUT2D eigenvalue weighted by Gasteiger charge is 2.21. The first-order valence-electron chi connectivity index (χ1n) is 5.66. The lowest BCUT2D eigenvalue weighted by molar-refractivity contribution is 0.319. The number of hydrogen-bond acceptors (Lipinski definition) is 4. The molecule has 0 unspecified atom stereocenters. The lowest BCUT2D eigenvalue weighted by atomic mass is 9.97. The molecule has 1 aromatic carbocycles. The van der Waals surface area contributed by atoms with Crippen molar-refractivity contribution in [2.45, 2.75) is 36.8 Å². The maximum Gasteiger partial charge on any atom is 0.232 e. The van der Waals surface area contributed by atoms with Gasteiger partial charge in [-0.2, -0.15) is 4.98 Å². The molecule has 0 fully saturated rings. The molecule has 0 radical (unpaired) electrons. The third kappa shape index (κ3) is 3.50. The van der Waals surface area contributed by atoms with Crippen LogP contribution in [0.15, 0.2) is 33.7 Å². The second kappa shape index (κ2) is 5.33. The number of thioether (sulfide) groups is 1. The van der Waals surface area contributed by atoms with E-state index in [2.05, 4.69) is 30.9 Å². The summed E-state index contributed by atoms with van der Waals surface area (Å²) in [5, 5.41) is 4.73. The maximum absolute atomic E-state index is 5.83. The van der Waals surface area contributed by atoms with Crippen molar-refractivity contribution in [2.75, 3.05) is 0 Å². The Labute approximate surface area is 116 Å². The van der Waals surface area contributed by atoms with Gasteiger partial charge in [0.1, 0.15) is 0 Å². The van der Waals surface area contributed by atoms with Crippen molar-refractivity contribution in [3.8, 4) is 0 Å². The molecular weight excluding hydrogens is 268 g/mol. The van der Waals surface area contributed by atoms with Crippen LogP contribution in [-0.4, -0.2) is 10.1 Å². The van der Waals surface area contributed by atoms with Crippen molar-refractivity contribution >= 4 is 23.4 Å². The molecule has 1 heterocycles. The van der Waals surface area contributed by atoms with E-state index in [4.69, 9.17) is 16.1 Å². The van der Waals surface area contributed by atoms with E-state index in [0.29, 0.717) is 11.6 Å². The van der Waals surface area contributed by atoms with Crippen molar-refractivity contribution in [1.82, 2.24) is 10.1 Å². The lowest BCUT2D eigenvalue weighted by Gasteiger charge is -2.10. The molecule has 0 saturated heterocycles. The molecule has 0 N–H and O–H groups in total. The fraction of sp³-hybridized carbons (Fsp3) is 0.385. The van der Waals surface area contributed by atoms with Gasteiger partial charge in [-0.05, 0) is 24.3 Å². The summed E-state index contributed by atoms with van der Waals surface area (Å²) in [5.74, 6) is 2.09. The Morgan fingerprint density at radius 2 is 1.89 bits per heavy atom. The van der Waals surface area contributed by atoms with Gasteiger partial charge < -0.3 is 4.52 Å². The monoisotopic (exact) mass is 282 g/mol. The van der Waals surface area contributed by atoms with Crippen molar-refractivity contribution in [3.05, 3.63) is 41.0 Å². The number of benzene rings is 1. The van der Waals surface area contributed by atoms with E-state index < -0.39 is 0 Å². The maximum atomic E-state index is 5.83. The zero-order valence-corrected chi connectivity index (χ0v) is 12.2. The van der Waals surface area contributed by atoms with Crippen LogP contribution in [0.3, 0.4) is 0 Å². The molecule has 18 heavy (non-hydrogen) atoms. The summed E-state index contributed by atoms with van der Waals surface area (Å²) in [6.45, 7) is 6.16. The minimum absolute atomic E-state index is 0.101. The molecule has 0 aliphatic carbocycles. The van der Waals surface area contributed by atoms with E-state index in [1.54, 1.807) is 11.8 Å². The van der Waals surface area contributed by atoms with Crippen LogP contribution in [-0.2, 0) is 11.2 Å². The summed E-state index contributed by atoms with van der Waals surface area (Å²) >= 11 is 7.50. The standard InChI is InChI=1S/C13H15ClN2OS/c1-13(2,3)12-15-11(16-17-12)8-18-10-6-4-9(14)5-7-10/h4-7H,8H2,1-3H3. The van der Waals surface area contributed by atoms with Crippen LogP contribution in [0, 0.1) is 0 Å². The molecule has 0 aliphatic rings. The van der Waals surface area contributed by atoms with Gasteiger partial charge in [0.05, 0.1) is 5.75 Å². The predicted molar refractivity (Wildman–Crippen MR) is 74.0 cm³/mol. The predicted octanol–water partition coefficient (Wildman–Crippen LogP) is 4.31. The van der Waals surface area contributed by atoms with E-state index in [0.717, 1.165) is 15.7 Å². The van der Waals surface area contributed by atoms with Gasteiger partial charge in [0.15, 0.2) is 5.82 Å². The Kier molecular flexibility index (Phi) is 3.97. The second-order valence-corrected chi connectivity index (χ2v) is 6.49. The fourth-order valence-electron chi connectivity index (χ4n) is 1.30. The summed E-state index contributed by atoms with van der Waals surface area (Å²) in [5.41, 5.74) is -0.101. The molecule has 2 aromatic rings. The molecule has 5 heteroatoms. The fourth-order valence-corrected chi connectivity index (χ4v) is 2.16. The largest absolute Gasteiger partial charge is 0.339 e. The number of halogens is 1. The van der Waals surface area contributed by atoms with Crippen LogP contribution in [0.5, 0.6) is 0 Å². The summed E-state index contributed by atoms with van der Waals surface area (Å²) in [4.78, 5) is 5.53. The highest BCUT2D eigenvalue weighted by molar-refractivity contribution is 7.98. The van der Waals surface area contributed by atoms with Gasteiger partial charge in [0.2, 0.25) is 5.89 Å². The van der Waals surface area contributed by atoms with Crippen LogP contribution < -0.4 is 0 Å². The molecule has 0 spiro atoms. The van der Waals surface area contributed by atoms with Crippen molar-refractivity contribution in [1.29, 1.82) is 0 Å². The Hall–Kier alpha value is -1.00. The molecule has 1 aromatic heterocycles. The van der Waals surface area contributed by atoms with E-state index in [-0.39, 0.29) is 5.41 Å². The molecule has 0 aliphatic heterocycles. The van der Waals surface area contributed by atoms with Crippen molar-refractivity contribution in [2.24, 2.45) is 0 Å². The summed E-state index contributed by atoms with van der Waals surface area (Å²) in [7, 11) is 0. The molecule has 96 valence electrons. The Balaban J connectivity index is 1.98. The Bertz CT molecular complexity index is 517. The van der Waals surface area contributed by atoms with E-state index in [9.17, 15) is 0 Å². The van der Waals surface area contributed by atoms with Crippen molar-refractivity contribution in [3.63, 3.8) is 0 Å². The van der Waals surface area contributed by atoms with E-state index >= 15 is 0 Å². The minimum atomic E-state index is -0.101. The molecule has 0 saturated carbocycles. The molecule has 0 bridgehead atoms. The van der Waals surface area contributed by atoms with Crippen LogP contribution in [0.1, 0.15) is 32.5 Å². The minimum Gasteiger partial charge on any atom is -0.339 e. The quantitative estimate of drug-likeness (QED) is 0.786. The average Bonchev–Trinajstić information content (AvgIpc) is 2.77. The van der Waals surface area contributed by atoms with Crippen molar-refractivity contribution < 1.29 is 4.52 Å². The SMILES string of the molecule is CC(C)(C)c1nc(CSc2ccc(Cl)cc2)no1. The molecule has 0 atom stereocenters. The molecule has 2 rings (SSSR count). The van der Waals surface area contributed by atoms with Crippen LogP contribution in [0.2, 0.25) is 5.02 Å². The smallest absolute Gasteiger partial charge is 0.232 e. The van der Waals surface area contributed by atoms with Crippen LogP contribution in [0.4, 0.5) is 0 Å². The zero-order chi connectivity index (χ0) is 13.2. The van der Waals surface area contributed by atoms with Gasteiger partial charge in [-0.1, -0.05) is 37.5 Å². The summed E-state index contributed by atoms with van der Waals surface area (Å²) in [6, 6.07) is 7.72. The van der Waals surface area contributed by atoms with Gasteiger partial charge in [-0.25, -0.2) is 0 Å². The van der Waals surface area contributed by atoms with Gasteiger partial charge in [0.25, 0.3) is 0 Å². The summed E-state index contributed by atoms with van der Waals surface area (Å²) < 4.78 is 5.24. The zero-order valence-electron chi connectivity index (χ0n) is 10.6. The topological polar surface area (TPSA) is 38.9 Å². The van der Waals surface area contributed by atoms with Gasteiger partial charge in [-0.15, -0.1) is 11.8 Å². The number of hydrogen-bond donors (Lipinski definition) is 0. The number of rotatable bonds is 3. The Morgan fingerprint density at radius 1 is 1.22 bits per heavy atom. The first-order chi connectivity index (χ1) is 8.45. The third-order valence-corrected chi connectivity index (χ3v) is 3.55.